The van der Waals surface area contributed by atoms with E-state index in [1.807, 2.05) is 0 Å². The van der Waals surface area contributed by atoms with E-state index in [0.29, 0.717) is 11.7 Å². The van der Waals surface area contributed by atoms with Crippen LogP contribution in [0.3, 0.4) is 0 Å². The molecule has 4 nitrogen and oxygen atoms in total. The maximum atomic E-state index is 5.85. The van der Waals surface area contributed by atoms with Crippen LogP contribution < -0.4 is 18.9 Å². The van der Waals surface area contributed by atoms with E-state index >= 15 is 0 Å². The molecule has 0 fully saturated rings. The van der Waals surface area contributed by atoms with Gasteiger partial charge >= 0.3 is 0 Å². The SMILES string of the molecule is COc1ccc2c3c1-c1cc(c(OC)c(OC)c1OC)CCCC3CCC2. The zero-order chi connectivity index (χ0) is 19.0. The van der Waals surface area contributed by atoms with E-state index in [4.69, 9.17) is 18.9 Å². The van der Waals surface area contributed by atoms with Crippen molar-refractivity contribution in [3.63, 3.8) is 0 Å². The molecule has 0 saturated carbocycles. The fraction of sp³-hybridized carbons (Fsp3) is 0.478. The highest BCUT2D eigenvalue weighted by Gasteiger charge is 2.31. The molecule has 0 aliphatic heterocycles. The summed E-state index contributed by atoms with van der Waals surface area (Å²) in [5.41, 5.74) is 6.28. The smallest absolute Gasteiger partial charge is 0.204 e. The second kappa shape index (κ2) is 7.34. The first-order valence-corrected chi connectivity index (χ1v) is 9.75. The third kappa shape index (κ3) is 2.82. The molecular weight excluding hydrogens is 340 g/mol. The summed E-state index contributed by atoms with van der Waals surface area (Å²) in [5, 5.41) is 0. The first kappa shape index (κ1) is 18.0. The highest BCUT2D eigenvalue weighted by atomic mass is 16.5. The lowest BCUT2D eigenvalue weighted by atomic mass is 9.76. The monoisotopic (exact) mass is 368 g/mol. The summed E-state index contributed by atoms with van der Waals surface area (Å²) in [5.74, 6) is 3.63. The Morgan fingerprint density at radius 1 is 0.741 bits per heavy atom. The largest absolute Gasteiger partial charge is 0.496 e. The quantitative estimate of drug-likeness (QED) is 0.748. The van der Waals surface area contributed by atoms with Crippen molar-refractivity contribution in [1.29, 1.82) is 0 Å². The number of hydrogen-bond donors (Lipinski definition) is 0. The van der Waals surface area contributed by atoms with Gasteiger partial charge in [0.1, 0.15) is 5.75 Å². The van der Waals surface area contributed by atoms with Crippen molar-refractivity contribution >= 4 is 0 Å². The van der Waals surface area contributed by atoms with Crippen molar-refractivity contribution in [3.05, 3.63) is 34.9 Å². The van der Waals surface area contributed by atoms with Crippen LogP contribution in [0.2, 0.25) is 0 Å². The van der Waals surface area contributed by atoms with Gasteiger partial charge in [0.25, 0.3) is 0 Å². The van der Waals surface area contributed by atoms with Crippen LogP contribution in [0.1, 0.15) is 48.3 Å². The lowest BCUT2D eigenvalue weighted by Gasteiger charge is -2.29. The standard InChI is InChI=1S/C23H28O4/c1-24-18-12-11-15-9-5-7-14-8-6-10-16-13-17(20(18)19(14)15)22(26-3)23(27-4)21(16)25-2/h11-14H,5-10H2,1-4H3. The Kier molecular flexibility index (Phi) is 4.90. The molecule has 2 bridgehead atoms. The number of hydrogen-bond acceptors (Lipinski definition) is 4. The van der Waals surface area contributed by atoms with Crippen LogP contribution in [0.4, 0.5) is 0 Å². The van der Waals surface area contributed by atoms with E-state index in [1.54, 1.807) is 28.4 Å². The minimum atomic E-state index is 0.565. The molecule has 1 atom stereocenters. The molecule has 4 rings (SSSR count). The summed E-state index contributed by atoms with van der Waals surface area (Å²) in [6.07, 6.45) is 6.90. The summed E-state index contributed by atoms with van der Waals surface area (Å²) in [6, 6.07) is 6.56. The van der Waals surface area contributed by atoms with Crippen molar-refractivity contribution in [3.8, 4) is 34.1 Å². The Bertz CT molecular complexity index is 856. The van der Waals surface area contributed by atoms with Gasteiger partial charge in [-0.1, -0.05) is 6.07 Å². The number of methoxy groups -OCH3 is 4. The molecule has 0 N–H and O–H groups in total. The fourth-order valence-electron chi connectivity index (χ4n) is 4.95. The minimum Gasteiger partial charge on any atom is -0.496 e. The van der Waals surface area contributed by atoms with Crippen molar-refractivity contribution in [2.24, 2.45) is 0 Å². The van der Waals surface area contributed by atoms with Crippen LogP contribution in [0.15, 0.2) is 18.2 Å². The molecule has 2 aromatic rings. The third-order valence-corrected chi connectivity index (χ3v) is 6.07. The van der Waals surface area contributed by atoms with Crippen LogP contribution in [0.5, 0.6) is 23.0 Å². The predicted octanol–water partition coefficient (Wildman–Crippen LogP) is 5.14. The lowest BCUT2D eigenvalue weighted by molar-refractivity contribution is 0.322. The zero-order valence-electron chi connectivity index (χ0n) is 16.7. The van der Waals surface area contributed by atoms with Gasteiger partial charge in [0.2, 0.25) is 5.75 Å². The fourth-order valence-corrected chi connectivity index (χ4v) is 4.95. The predicted molar refractivity (Wildman–Crippen MR) is 107 cm³/mol. The van der Waals surface area contributed by atoms with Crippen molar-refractivity contribution in [1.82, 2.24) is 0 Å². The molecule has 0 saturated heterocycles. The molecule has 144 valence electrons. The molecule has 1 unspecified atom stereocenters. The first-order chi connectivity index (χ1) is 13.2. The Morgan fingerprint density at radius 2 is 1.41 bits per heavy atom. The highest BCUT2D eigenvalue weighted by Crippen LogP contribution is 2.54. The van der Waals surface area contributed by atoms with Gasteiger partial charge in [0, 0.05) is 11.1 Å². The third-order valence-electron chi connectivity index (χ3n) is 6.07. The van der Waals surface area contributed by atoms with Gasteiger partial charge in [-0.2, -0.15) is 0 Å². The molecule has 0 aromatic heterocycles. The lowest BCUT2D eigenvalue weighted by Crippen LogP contribution is -2.12. The van der Waals surface area contributed by atoms with E-state index in [2.05, 4.69) is 18.2 Å². The molecular formula is C23H28O4. The molecule has 0 amide bonds. The van der Waals surface area contributed by atoms with Crippen LogP contribution >= 0.6 is 0 Å². The summed E-state index contributed by atoms with van der Waals surface area (Å²) in [4.78, 5) is 0. The molecule has 2 aliphatic rings. The zero-order valence-corrected chi connectivity index (χ0v) is 16.7. The minimum absolute atomic E-state index is 0.565. The van der Waals surface area contributed by atoms with Gasteiger partial charge in [0.15, 0.2) is 11.5 Å². The van der Waals surface area contributed by atoms with E-state index in [1.165, 1.54) is 41.5 Å². The molecule has 27 heavy (non-hydrogen) atoms. The van der Waals surface area contributed by atoms with Crippen LogP contribution in [-0.2, 0) is 12.8 Å². The Balaban J connectivity index is 2.10. The van der Waals surface area contributed by atoms with Crippen molar-refractivity contribution in [2.75, 3.05) is 28.4 Å². The summed E-state index contributed by atoms with van der Waals surface area (Å²) < 4.78 is 23.1. The maximum Gasteiger partial charge on any atom is 0.204 e. The van der Waals surface area contributed by atoms with Gasteiger partial charge in [-0.15, -0.1) is 0 Å². The van der Waals surface area contributed by atoms with Crippen molar-refractivity contribution < 1.29 is 18.9 Å². The summed E-state index contributed by atoms with van der Waals surface area (Å²) >= 11 is 0. The summed E-state index contributed by atoms with van der Waals surface area (Å²) in [6.45, 7) is 0. The number of fused-ring (bicyclic) bond motifs is 3. The van der Waals surface area contributed by atoms with Gasteiger partial charge < -0.3 is 18.9 Å². The van der Waals surface area contributed by atoms with Gasteiger partial charge in [-0.25, -0.2) is 0 Å². The number of aryl methyl sites for hydroxylation is 2. The average molecular weight is 368 g/mol. The van der Waals surface area contributed by atoms with Crippen LogP contribution in [0, 0.1) is 0 Å². The van der Waals surface area contributed by atoms with Gasteiger partial charge in [-0.05, 0) is 73.3 Å². The van der Waals surface area contributed by atoms with Crippen LogP contribution in [0.25, 0.3) is 11.1 Å². The molecule has 4 heteroatoms. The molecule has 2 aromatic carbocycles. The van der Waals surface area contributed by atoms with Crippen molar-refractivity contribution in [2.45, 2.75) is 44.4 Å². The molecule has 0 radical (unpaired) electrons. The number of benzene rings is 2. The number of ether oxygens (including phenoxy) is 4. The Morgan fingerprint density at radius 3 is 2.04 bits per heavy atom. The van der Waals surface area contributed by atoms with Crippen LogP contribution in [-0.4, -0.2) is 28.4 Å². The first-order valence-electron chi connectivity index (χ1n) is 9.75. The maximum absolute atomic E-state index is 5.85. The topological polar surface area (TPSA) is 36.9 Å². The average Bonchev–Trinajstić information content (AvgIpc) is 2.77. The summed E-state index contributed by atoms with van der Waals surface area (Å²) in [7, 11) is 6.81. The Hall–Kier alpha value is -2.36. The van der Waals surface area contributed by atoms with Gasteiger partial charge in [-0.3, -0.25) is 0 Å². The van der Waals surface area contributed by atoms with Gasteiger partial charge in [0.05, 0.1) is 28.4 Å². The van der Waals surface area contributed by atoms with E-state index in [0.717, 1.165) is 42.1 Å². The van der Waals surface area contributed by atoms with E-state index < -0.39 is 0 Å². The second-order valence-corrected chi connectivity index (χ2v) is 7.38. The Labute approximate surface area is 161 Å². The normalized spacial score (nSPS) is 17.9. The number of rotatable bonds is 4. The molecule has 2 aliphatic carbocycles. The molecule has 0 heterocycles. The van der Waals surface area contributed by atoms with E-state index in [9.17, 15) is 0 Å². The van der Waals surface area contributed by atoms with E-state index in [-0.39, 0.29) is 0 Å². The highest BCUT2D eigenvalue weighted by molar-refractivity contribution is 5.85. The second-order valence-electron chi connectivity index (χ2n) is 7.38. The molecule has 0 spiro atoms.